The number of aromatic nitrogens is 3. The number of nitrogen functional groups attached to an aromatic ring is 1. The minimum Gasteiger partial charge on any atom is -0.383 e. The summed E-state index contributed by atoms with van der Waals surface area (Å²) in [5.41, 5.74) is 8.49. The summed E-state index contributed by atoms with van der Waals surface area (Å²) in [4.78, 5) is 4.01. The van der Waals surface area contributed by atoms with Crippen molar-refractivity contribution < 1.29 is 0 Å². The second-order valence-corrected chi connectivity index (χ2v) is 3.82. The van der Waals surface area contributed by atoms with Crippen LogP contribution in [0.4, 0.5) is 5.82 Å². The molecule has 0 aliphatic heterocycles. The standard InChI is InChI=1S/C10H11ClN4/c1-6-9(5-15(2)14-6)8-3-7(11)4-13-10(8)12/h3-5H,1-2H3,(H2,12,13). The van der Waals surface area contributed by atoms with Gasteiger partial charge in [0, 0.05) is 30.6 Å². The molecule has 0 radical (unpaired) electrons. The Kier molecular flexibility index (Phi) is 2.36. The van der Waals surface area contributed by atoms with E-state index in [1.54, 1.807) is 10.7 Å². The molecule has 78 valence electrons. The SMILES string of the molecule is Cc1nn(C)cc1-c1cc(Cl)cnc1N. The number of nitrogens with two attached hydrogens (primary N) is 1. The lowest BCUT2D eigenvalue weighted by molar-refractivity contribution is 0.756. The normalized spacial score (nSPS) is 10.6. The van der Waals surface area contributed by atoms with Gasteiger partial charge in [-0.3, -0.25) is 4.68 Å². The van der Waals surface area contributed by atoms with Crippen molar-refractivity contribution in [2.24, 2.45) is 7.05 Å². The lowest BCUT2D eigenvalue weighted by Gasteiger charge is -2.03. The van der Waals surface area contributed by atoms with Gasteiger partial charge in [0.1, 0.15) is 5.82 Å². The van der Waals surface area contributed by atoms with E-state index in [0.717, 1.165) is 16.8 Å². The van der Waals surface area contributed by atoms with Crippen LogP contribution in [0.1, 0.15) is 5.69 Å². The zero-order chi connectivity index (χ0) is 11.0. The summed E-state index contributed by atoms with van der Waals surface area (Å²) in [6.07, 6.45) is 3.44. The molecular weight excluding hydrogens is 212 g/mol. The first-order valence-electron chi connectivity index (χ1n) is 4.49. The quantitative estimate of drug-likeness (QED) is 0.803. The summed E-state index contributed by atoms with van der Waals surface area (Å²) in [7, 11) is 1.87. The van der Waals surface area contributed by atoms with Crippen molar-refractivity contribution in [3.63, 3.8) is 0 Å². The molecule has 0 aliphatic carbocycles. The fraction of sp³-hybridized carbons (Fsp3) is 0.200. The Balaban J connectivity index is 2.62. The Bertz CT molecular complexity index is 504. The van der Waals surface area contributed by atoms with Gasteiger partial charge in [0.05, 0.1) is 10.7 Å². The Morgan fingerprint density at radius 2 is 2.13 bits per heavy atom. The van der Waals surface area contributed by atoms with Gasteiger partial charge >= 0.3 is 0 Å². The molecule has 0 amide bonds. The number of pyridine rings is 1. The van der Waals surface area contributed by atoms with E-state index in [1.165, 1.54) is 6.20 Å². The summed E-state index contributed by atoms with van der Waals surface area (Å²) in [5, 5.41) is 4.82. The van der Waals surface area contributed by atoms with E-state index in [0.29, 0.717) is 10.8 Å². The summed E-state index contributed by atoms with van der Waals surface area (Å²) >= 11 is 5.88. The predicted octanol–water partition coefficient (Wildman–Crippen LogP) is 2.03. The molecule has 0 atom stereocenters. The maximum Gasteiger partial charge on any atom is 0.131 e. The van der Waals surface area contributed by atoms with Crippen molar-refractivity contribution in [2.45, 2.75) is 6.92 Å². The highest BCUT2D eigenvalue weighted by molar-refractivity contribution is 6.30. The third kappa shape index (κ3) is 1.80. The number of nitrogens with zero attached hydrogens (tertiary/aromatic N) is 3. The van der Waals surface area contributed by atoms with Crippen molar-refractivity contribution >= 4 is 17.4 Å². The maximum atomic E-state index is 5.88. The molecule has 0 aliphatic rings. The van der Waals surface area contributed by atoms with Gasteiger partial charge in [0.2, 0.25) is 0 Å². The summed E-state index contributed by atoms with van der Waals surface area (Å²) in [5.74, 6) is 0.468. The number of hydrogen-bond acceptors (Lipinski definition) is 3. The number of anilines is 1. The molecule has 0 fully saturated rings. The molecule has 4 nitrogen and oxygen atoms in total. The fourth-order valence-electron chi connectivity index (χ4n) is 1.53. The van der Waals surface area contributed by atoms with Gasteiger partial charge in [-0.1, -0.05) is 11.6 Å². The maximum absolute atomic E-state index is 5.88. The lowest BCUT2D eigenvalue weighted by atomic mass is 10.1. The average Bonchev–Trinajstić information content (AvgIpc) is 2.50. The zero-order valence-electron chi connectivity index (χ0n) is 8.53. The fourth-order valence-corrected chi connectivity index (χ4v) is 1.69. The van der Waals surface area contributed by atoms with E-state index in [-0.39, 0.29) is 0 Å². The first-order chi connectivity index (χ1) is 7.08. The van der Waals surface area contributed by atoms with Crippen LogP contribution in [0, 0.1) is 6.92 Å². The Morgan fingerprint density at radius 3 is 2.73 bits per heavy atom. The molecule has 2 rings (SSSR count). The first-order valence-corrected chi connectivity index (χ1v) is 4.87. The van der Waals surface area contributed by atoms with Crippen molar-refractivity contribution in [1.29, 1.82) is 0 Å². The van der Waals surface area contributed by atoms with Gasteiger partial charge in [0.15, 0.2) is 0 Å². The molecule has 5 heteroatoms. The molecule has 15 heavy (non-hydrogen) atoms. The molecule has 0 spiro atoms. The Morgan fingerprint density at radius 1 is 1.40 bits per heavy atom. The highest BCUT2D eigenvalue weighted by Crippen LogP contribution is 2.28. The largest absolute Gasteiger partial charge is 0.383 e. The van der Waals surface area contributed by atoms with E-state index in [2.05, 4.69) is 10.1 Å². The third-order valence-electron chi connectivity index (χ3n) is 2.19. The van der Waals surface area contributed by atoms with Crippen LogP contribution in [0.2, 0.25) is 5.02 Å². The van der Waals surface area contributed by atoms with Crippen molar-refractivity contribution in [3.05, 3.63) is 29.2 Å². The summed E-state index contributed by atoms with van der Waals surface area (Å²) < 4.78 is 1.74. The molecule has 0 unspecified atom stereocenters. The van der Waals surface area contributed by atoms with Gasteiger partial charge in [-0.05, 0) is 13.0 Å². The minimum absolute atomic E-state index is 0.468. The second-order valence-electron chi connectivity index (χ2n) is 3.39. The van der Waals surface area contributed by atoms with Crippen molar-refractivity contribution in [3.8, 4) is 11.1 Å². The van der Waals surface area contributed by atoms with Crippen LogP contribution in [0.25, 0.3) is 11.1 Å². The van der Waals surface area contributed by atoms with Crippen LogP contribution < -0.4 is 5.73 Å². The van der Waals surface area contributed by atoms with E-state index in [4.69, 9.17) is 17.3 Å². The molecule has 0 bridgehead atoms. The van der Waals surface area contributed by atoms with Crippen LogP contribution in [-0.2, 0) is 7.05 Å². The molecule has 2 heterocycles. The van der Waals surface area contributed by atoms with Gasteiger partial charge < -0.3 is 5.73 Å². The van der Waals surface area contributed by atoms with E-state index in [9.17, 15) is 0 Å². The van der Waals surface area contributed by atoms with Gasteiger partial charge in [-0.2, -0.15) is 5.10 Å². The smallest absolute Gasteiger partial charge is 0.131 e. The first kappa shape index (κ1) is 9.98. The minimum atomic E-state index is 0.468. The summed E-state index contributed by atoms with van der Waals surface area (Å²) in [6.45, 7) is 1.93. The number of aryl methyl sites for hydroxylation is 2. The molecule has 0 aromatic carbocycles. The Hall–Kier alpha value is -1.55. The third-order valence-corrected chi connectivity index (χ3v) is 2.40. The van der Waals surface area contributed by atoms with Gasteiger partial charge in [-0.15, -0.1) is 0 Å². The van der Waals surface area contributed by atoms with Gasteiger partial charge in [0.25, 0.3) is 0 Å². The number of hydrogen-bond donors (Lipinski definition) is 1. The van der Waals surface area contributed by atoms with E-state index < -0.39 is 0 Å². The van der Waals surface area contributed by atoms with Crippen molar-refractivity contribution in [1.82, 2.24) is 14.8 Å². The zero-order valence-corrected chi connectivity index (χ0v) is 9.28. The van der Waals surface area contributed by atoms with Crippen LogP contribution >= 0.6 is 11.6 Å². The molecule has 2 N–H and O–H groups in total. The molecule has 2 aromatic rings. The molecule has 0 saturated heterocycles. The Labute approximate surface area is 92.7 Å². The topological polar surface area (TPSA) is 56.7 Å². The highest BCUT2D eigenvalue weighted by Gasteiger charge is 2.10. The molecule has 2 aromatic heterocycles. The van der Waals surface area contributed by atoms with Crippen LogP contribution in [0.5, 0.6) is 0 Å². The van der Waals surface area contributed by atoms with Crippen molar-refractivity contribution in [2.75, 3.05) is 5.73 Å². The summed E-state index contributed by atoms with van der Waals surface area (Å²) in [6, 6.07) is 1.80. The van der Waals surface area contributed by atoms with E-state index >= 15 is 0 Å². The van der Waals surface area contributed by atoms with Crippen LogP contribution in [0.15, 0.2) is 18.5 Å². The average molecular weight is 223 g/mol. The van der Waals surface area contributed by atoms with Gasteiger partial charge in [-0.25, -0.2) is 4.98 Å². The number of halogens is 1. The van der Waals surface area contributed by atoms with Crippen LogP contribution in [0.3, 0.4) is 0 Å². The second kappa shape index (κ2) is 3.55. The molecular formula is C10H11ClN4. The lowest BCUT2D eigenvalue weighted by Crippen LogP contribution is -1.93. The predicted molar refractivity (Wildman–Crippen MR) is 60.6 cm³/mol. The monoisotopic (exact) mass is 222 g/mol. The number of rotatable bonds is 1. The van der Waals surface area contributed by atoms with E-state index in [1.807, 2.05) is 20.2 Å². The van der Waals surface area contributed by atoms with Crippen LogP contribution in [-0.4, -0.2) is 14.8 Å². The highest BCUT2D eigenvalue weighted by atomic mass is 35.5. The molecule has 0 saturated carbocycles.